The van der Waals surface area contributed by atoms with E-state index < -0.39 is 6.04 Å². The third-order valence-electron chi connectivity index (χ3n) is 1.98. The number of aromatic amines is 1. The number of hydrogen-bond acceptors (Lipinski definition) is 3. The van der Waals surface area contributed by atoms with Crippen LogP contribution in [0.2, 0.25) is 0 Å². The van der Waals surface area contributed by atoms with Crippen LogP contribution in [0.25, 0.3) is 0 Å². The molecule has 1 heterocycles. The Hall–Kier alpha value is -1.16. The standard InChI is InChI=1S/C8H13N3O/c1-2-6(7(9)4-12)8-3-10-5-11-8/h3-7H,2,9H2,1H3,(H,10,11). The third kappa shape index (κ3) is 1.71. The van der Waals surface area contributed by atoms with Gasteiger partial charge < -0.3 is 15.5 Å². The van der Waals surface area contributed by atoms with Crippen LogP contribution in [0.4, 0.5) is 0 Å². The maximum absolute atomic E-state index is 10.4. The summed E-state index contributed by atoms with van der Waals surface area (Å²) < 4.78 is 0. The van der Waals surface area contributed by atoms with Crippen molar-refractivity contribution in [2.24, 2.45) is 5.73 Å². The van der Waals surface area contributed by atoms with E-state index in [1.165, 1.54) is 0 Å². The second kappa shape index (κ2) is 4.01. The van der Waals surface area contributed by atoms with Crippen molar-refractivity contribution >= 4 is 6.29 Å². The summed E-state index contributed by atoms with van der Waals surface area (Å²) in [7, 11) is 0. The van der Waals surface area contributed by atoms with Gasteiger partial charge in [0.2, 0.25) is 0 Å². The van der Waals surface area contributed by atoms with Gasteiger partial charge in [0.15, 0.2) is 0 Å². The fraction of sp³-hybridized carbons (Fsp3) is 0.500. The fourth-order valence-electron chi connectivity index (χ4n) is 1.26. The molecular formula is C8H13N3O. The van der Waals surface area contributed by atoms with Crippen molar-refractivity contribution in [1.29, 1.82) is 0 Å². The fourth-order valence-corrected chi connectivity index (χ4v) is 1.26. The summed E-state index contributed by atoms with van der Waals surface area (Å²) >= 11 is 0. The number of aromatic nitrogens is 2. The van der Waals surface area contributed by atoms with Crippen LogP contribution in [-0.4, -0.2) is 22.3 Å². The van der Waals surface area contributed by atoms with Crippen molar-refractivity contribution in [2.75, 3.05) is 0 Å². The van der Waals surface area contributed by atoms with Gasteiger partial charge in [-0.3, -0.25) is 0 Å². The molecule has 1 rings (SSSR count). The topological polar surface area (TPSA) is 71.8 Å². The number of H-pyrrole nitrogens is 1. The molecule has 1 aromatic heterocycles. The first-order valence-electron chi connectivity index (χ1n) is 3.98. The Morgan fingerprint density at radius 3 is 3.00 bits per heavy atom. The minimum absolute atomic E-state index is 0.0602. The van der Waals surface area contributed by atoms with Crippen LogP contribution < -0.4 is 5.73 Å². The monoisotopic (exact) mass is 167 g/mol. The van der Waals surface area contributed by atoms with E-state index >= 15 is 0 Å². The molecule has 4 nitrogen and oxygen atoms in total. The van der Waals surface area contributed by atoms with Gasteiger partial charge in [-0.05, 0) is 6.42 Å². The molecule has 0 aromatic carbocycles. The van der Waals surface area contributed by atoms with E-state index in [1.807, 2.05) is 6.92 Å². The van der Waals surface area contributed by atoms with E-state index in [1.54, 1.807) is 12.5 Å². The van der Waals surface area contributed by atoms with Crippen LogP contribution in [-0.2, 0) is 4.79 Å². The smallest absolute Gasteiger partial charge is 0.137 e. The number of carbonyl (C=O) groups is 1. The molecule has 0 fully saturated rings. The van der Waals surface area contributed by atoms with Crippen molar-refractivity contribution in [3.05, 3.63) is 18.2 Å². The zero-order valence-electron chi connectivity index (χ0n) is 7.03. The van der Waals surface area contributed by atoms with Gasteiger partial charge in [-0.2, -0.15) is 0 Å². The van der Waals surface area contributed by atoms with E-state index in [9.17, 15) is 4.79 Å². The molecule has 1 aromatic rings. The Morgan fingerprint density at radius 1 is 1.83 bits per heavy atom. The maximum Gasteiger partial charge on any atom is 0.137 e. The van der Waals surface area contributed by atoms with Gasteiger partial charge in [0.1, 0.15) is 6.29 Å². The molecule has 0 saturated heterocycles. The first-order valence-corrected chi connectivity index (χ1v) is 3.98. The molecule has 2 unspecified atom stereocenters. The molecule has 0 amide bonds. The molecule has 2 atom stereocenters. The Morgan fingerprint density at radius 2 is 2.58 bits per heavy atom. The van der Waals surface area contributed by atoms with E-state index in [0.717, 1.165) is 18.4 Å². The zero-order chi connectivity index (χ0) is 8.97. The molecule has 0 bridgehead atoms. The lowest BCUT2D eigenvalue weighted by atomic mass is 9.96. The largest absolute Gasteiger partial charge is 0.348 e. The number of aldehydes is 1. The molecule has 0 spiro atoms. The average Bonchev–Trinajstić information content (AvgIpc) is 2.58. The van der Waals surface area contributed by atoms with Gasteiger partial charge in [0.05, 0.1) is 12.4 Å². The molecule has 12 heavy (non-hydrogen) atoms. The first kappa shape index (κ1) is 8.93. The summed E-state index contributed by atoms with van der Waals surface area (Å²) in [6.45, 7) is 1.99. The number of rotatable bonds is 4. The lowest BCUT2D eigenvalue weighted by Gasteiger charge is -2.15. The number of nitrogens with one attached hydrogen (secondary N) is 1. The van der Waals surface area contributed by atoms with Crippen molar-refractivity contribution in [2.45, 2.75) is 25.3 Å². The first-order chi connectivity index (χ1) is 5.79. The second-order valence-electron chi connectivity index (χ2n) is 2.74. The highest BCUT2D eigenvalue weighted by Gasteiger charge is 2.17. The Balaban J connectivity index is 2.75. The molecule has 0 radical (unpaired) electrons. The highest BCUT2D eigenvalue weighted by atomic mass is 16.1. The predicted molar refractivity (Wildman–Crippen MR) is 45.7 cm³/mol. The van der Waals surface area contributed by atoms with Crippen molar-refractivity contribution in [3.63, 3.8) is 0 Å². The summed E-state index contributed by atoms with van der Waals surface area (Å²) in [6.07, 6.45) is 4.91. The SMILES string of the molecule is CCC(c1cnc[nH]1)C(N)C=O. The summed E-state index contributed by atoms with van der Waals surface area (Å²) in [6, 6.07) is -0.435. The number of nitrogens with zero attached hydrogens (tertiary/aromatic N) is 1. The van der Waals surface area contributed by atoms with Gasteiger partial charge in [-0.15, -0.1) is 0 Å². The van der Waals surface area contributed by atoms with Gasteiger partial charge in [0.25, 0.3) is 0 Å². The van der Waals surface area contributed by atoms with Gasteiger partial charge in [-0.1, -0.05) is 6.92 Å². The van der Waals surface area contributed by atoms with Crippen LogP contribution in [0.1, 0.15) is 25.0 Å². The van der Waals surface area contributed by atoms with E-state index in [4.69, 9.17) is 5.73 Å². The lowest BCUT2D eigenvalue weighted by Crippen LogP contribution is -2.29. The minimum atomic E-state index is -0.435. The lowest BCUT2D eigenvalue weighted by molar-refractivity contribution is -0.109. The Kier molecular flexibility index (Phi) is 2.99. The summed E-state index contributed by atoms with van der Waals surface area (Å²) in [5.74, 6) is 0.0602. The Labute approximate surface area is 71.2 Å². The molecule has 4 heteroatoms. The molecular weight excluding hydrogens is 154 g/mol. The number of carbonyl (C=O) groups excluding carboxylic acids is 1. The molecule has 66 valence electrons. The maximum atomic E-state index is 10.4. The average molecular weight is 167 g/mol. The third-order valence-corrected chi connectivity index (χ3v) is 1.98. The second-order valence-corrected chi connectivity index (χ2v) is 2.74. The van der Waals surface area contributed by atoms with Crippen LogP contribution in [0.15, 0.2) is 12.5 Å². The van der Waals surface area contributed by atoms with Crippen molar-refractivity contribution in [3.8, 4) is 0 Å². The minimum Gasteiger partial charge on any atom is -0.348 e. The molecule has 0 saturated carbocycles. The van der Waals surface area contributed by atoms with Gasteiger partial charge >= 0.3 is 0 Å². The molecule has 3 N–H and O–H groups in total. The molecule has 0 aliphatic rings. The predicted octanol–water partition coefficient (Wildman–Crippen LogP) is 0.429. The van der Waals surface area contributed by atoms with E-state index in [-0.39, 0.29) is 5.92 Å². The van der Waals surface area contributed by atoms with Crippen molar-refractivity contribution in [1.82, 2.24) is 9.97 Å². The summed E-state index contributed by atoms with van der Waals surface area (Å²) in [5.41, 5.74) is 6.53. The zero-order valence-corrected chi connectivity index (χ0v) is 7.03. The summed E-state index contributed by atoms with van der Waals surface area (Å²) in [5, 5.41) is 0. The van der Waals surface area contributed by atoms with Crippen molar-refractivity contribution < 1.29 is 4.79 Å². The highest BCUT2D eigenvalue weighted by Crippen LogP contribution is 2.18. The van der Waals surface area contributed by atoms with Gasteiger partial charge in [0, 0.05) is 17.8 Å². The highest BCUT2D eigenvalue weighted by molar-refractivity contribution is 5.59. The number of imidazole rings is 1. The van der Waals surface area contributed by atoms with E-state index in [0.29, 0.717) is 0 Å². The molecule has 0 aliphatic carbocycles. The molecule has 0 aliphatic heterocycles. The normalized spacial score (nSPS) is 15.5. The quantitative estimate of drug-likeness (QED) is 0.639. The van der Waals surface area contributed by atoms with Gasteiger partial charge in [-0.25, -0.2) is 4.98 Å². The summed E-state index contributed by atoms with van der Waals surface area (Å²) in [4.78, 5) is 17.3. The van der Waals surface area contributed by atoms with Crippen LogP contribution in [0.3, 0.4) is 0 Å². The van der Waals surface area contributed by atoms with E-state index in [2.05, 4.69) is 9.97 Å². The number of hydrogen-bond donors (Lipinski definition) is 2. The Bertz CT molecular complexity index is 232. The van der Waals surface area contributed by atoms with Crippen LogP contribution in [0, 0.1) is 0 Å². The van der Waals surface area contributed by atoms with Crippen LogP contribution >= 0.6 is 0 Å². The van der Waals surface area contributed by atoms with Crippen LogP contribution in [0.5, 0.6) is 0 Å². The number of nitrogens with two attached hydrogens (primary N) is 1.